The molecule has 0 saturated heterocycles. The Hall–Kier alpha value is -7.66. The van der Waals surface area contributed by atoms with Gasteiger partial charge in [0.25, 0.3) is 0 Å². The molecule has 4 amide bonds. The zero-order valence-electron chi connectivity index (χ0n) is 34.7. The monoisotopic (exact) mass is 805 g/mol. The molecular formula is C50H47N9O2. The molecule has 5 N–H and O–H groups in total. The van der Waals surface area contributed by atoms with Gasteiger partial charge in [0, 0.05) is 19.7 Å². The molecule has 11 nitrogen and oxygen atoms in total. The van der Waals surface area contributed by atoms with Crippen molar-refractivity contribution in [3.05, 3.63) is 168 Å². The maximum atomic E-state index is 14.1. The summed E-state index contributed by atoms with van der Waals surface area (Å²) in [6.07, 6.45) is 8.63. The number of carbonyl (C=O) groups excluding carboxylic acids is 2. The molecule has 61 heavy (non-hydrogen) atoms. The van der Waals surface area contributed by atoms with Gasteiger partial charge >= 0.3 is 12.1 Å². The predicted octanol–water partition coefficient (Wildman–Crippen LogP) is 10.9. The first-order chi connectivity index (χ1) is 29.8. The van der Waals surface area contributed by atoms with E-state index in [1.807, 2.05) is 99.3 Å². The van der Waals surface area contributed by atoms with E-state index in [2.05, 4.69) is 105 Å². The summed E-state index contributed by atoms with van der Waals surface area (Å²) in [5, 5.41) is 20.9. The average molecular weight is 806 g/mol. The van der Waals surface area contributed by atoms with Crippen molar-refractivity contribution in [3.63, 3.8) is 0 Å². The normalized spacial score (nSPS) is 14.9. The van der Waals surface area contributed by atoms with Crippen molar-refractivity contribution in [1.29, 1.82) is 0 Å². The Morgan fingerprint density at radius 1 is 0.689 bits per heavy atom. The summed E-state index contributed by atoms with van der Waals surface area (Å²) in [5.41, 5.74) is 14.3. The summed E-state index contributed by atoms with van der Waals surface area (Å²) < 4.78 is 3.58. The quantitative estimate of drug-likeness (QED) is 0.0879. The molecule has 5 aromatic carbocycles. The summed E-state index contributed by atoms with van der Waals surface area (Å²) in [4.78, 5) is 32.7. The van der Waals surface area contributed by atoms with E-state index in [1.54, 1.807) is 11.0 Å². The number of nitrogens with zero attached hydrogens (tertiary/aromatic N) is 4. The molecule has 0 saturated carbocycles. The lowest BCUT2D eigenvalue weighted by molar-refractivity contribution is 0.249. The molecule has 0 aliphatic heterocycles. The maximum absolute atomic E-state index is 14.1. The number of rotatable bonds is 10. The van der Waals surface area contributed by atoms with Crippen molar-refractivity contribution < 1.29 is 9.59 Å². The summed E-state index contributed by atoms with van der Waals surface area (Å²) in [6, 6.07) is 37.5. The van der Waals surface area contributed by atoms with Crippen molar-refractivity contribution in [3.8, 4) is 44.6 Å². The maximum Gasteiger partial charge on any atom is 0.321 e. The van der Waals surface area contributed by atoms with Gasteiger partial charge in [-0.1, -0.05) is 134 Å². The Labute approximate surface area is 355 Å². The molecule has 0 fully saturated rings. The fraction of sp³-hybridized carbons (Fsp3) is 0.160. The standard InChI is InChI=1S/C50H47N9O2/c1-6-8-20-32(7-2)59-48(43(51-4)30(3)57-59)56-50(61)54-46-38-24-15-13-22-36(38)42-34(26-17-28-40(42)46)33-25-16-27-39-41(33)35-21-12-14-23-37(35)45(39)53-49(60)55-47-44(52-29-58(47)5)31-18-10-9-11-19-31/h7-29,45-46,51H,6H2,1-5H3,(H2,53,55,60)(H2,54,56,61)/b20-8-,32-7+. The zero-order valence-corrected chi connectivity index (χ0v) is 34.7. The first-order valence-electron chi connectivity index (χ1n) is 20.6. The van der Waals surface area contributed by atoms with Crippen LogP contribution in [0.5, 0.6) is 0 Å². The van der Waals surface area contributed by atoms with Crippen LogP contribution in [0.15, 0.2) is 140 Å². The number of aromatic nitrogens is 4. The van der Waals surface area contributed by atoms with Crippen LogP contribution >= 0.6 is 0 Å². The highest BCUT2D eigenvalue weighted by molar-refractivity contribution is 6.01. The number of fused-ring (bicyclic) bond motifs is 6. The topological polar surface area (TPSA) is 130 Å². The molecule has 0 spiro atoms. The van der Waals surface area contributed by atoms with Crippen molar-refractivity contribution in [2.45, 2.75) is 39.3 Å². The number of carbonyl (C=O) groups is 2. The van der Waals surface area contributed by atoms with Crippen LogP contribution in [0.4, 0.5) is 26.9 Å². The number of benzene rings is 5. The van der Waals surface area contributed by atoms with Gasteiger partial charge in [-0.3, -0.25) is 10.6 Å². The Bertz CT molecular complexity index is 2890. The highest BCUT2D eigenvalue weighted by Gasteiger charge is 2.36. The molecule has 2 aromatic heterocycles. The lowest BCUT2D eigenvalue weighted by atomic mass is 9.88. The molecule has 2 heterocycles. The number of aryl methyl sites for hydroxylation is 2. The van der Waals surface area contributed by atoms with Gasteiger partial charge in [0.1, 0.15) is 17.2 Å². The fourth-order valence-corrected chi connectivity index (χ4v) is 8.86. The second-order valence-corrected chi connectivity index (χ2v) is 15.2. The van der Waals surface area contributed by atoms with Gasteiger partial charge in [-0.25, -0.2) is 19.3 Å². The number of nitrogens with one attached hydrogen (secondary N) is 5. The van der Waals surface area contributed by atoms with E-state index >= 15 is 0 Å². The van der Waals surface area contributed by atoms with Crippen LogP contribution in [0.3, 0.4) is 0 Å². The van der Waals surface area contributed by atoms with Crippen LogP contribution in [-0.4, -0.2) is 38.4 Å². The minimum Gasteiger partial charge on any atom is -0.384 e. The summed E-state index contributed by atoms with van der Waals surface area (Å²) in [6.45, 7) is 5.96. The third-order valence-electron chi connectivity index (χ3n) is 11.6. The first-order valence-corrected chi connectivity index (χ1v) is 20.6. The van der Waals surface area contributed by atoms with E-state index < -0.39 is 12.1 Å². The zero-order chi connectivity index (χ0) is 42.2. The van der Waals surface area contributed by atoms with Crippen LogP contribution in [0.25, 0.3) is 50.3 Å². The van der Waals surface area contributed by atoms with E-state index in [0.717, 1.165) is 84.7 Å². The minimum absolute atomic E-state index is 0.333. The van der Waals surface area contributed by atoms with Gasteiger partial charge in [-0.05, 0) is 82.0 Å². The molecular weight excluding hydrogens is 759 g/mol. The molecule has 0 radical (unpaired) electrons. The highest BCUT2D eigenvalue weighted by Crippen LogP contribution is 2.53. The van der Waals surface area contributed by atoms with Crippen LogP contribution in [0.2, 0.25) is 0 Å². The lowest BCUT2D eigenvalue weighted by Gasteiger charge is -2.19. The molecule has 2 aliphatic rings. The minimum atomic E-state index is -0.419. The van der Waals surface area contributed by atoms with Gasteiger partial charge in [0.2, 0.25) is 0 Å². The van der Waals surface area contributed by atoms with Crippen LogP contribution in [-0.2, 0) is 7.05 Å². The number of imidazole rings is 1. The second kappa shape index (κ2) is 16.2. The van der Waals surface area contributed by atoms with Gasteiger partial charge < -0.3 is 20.5 Å². The Balaban J connectivity index is 1.06. The van der Waals surface area contributed by atoms with Gasteiger partial charge in [-0.2, -0.15) is 5.10 Å². The third-order valence-corrected chi connectivity index (χ3v) is 11.6. The summed E-state index contributed by atoms with van der Waals surface area (Å²) >= 11 is 0. The molecule has 2 atom stereocenters. The second-order valence-electron chi connectivity index (χ2n) is 15.2. The smallest absolute Gasteiger partial charge is 0.321 e. The number of hydrogen-bond acceptors (Lipinski definition) is 5. The highest BCUT2D eigenvalue weighted by atomic mass is 16.2. The van der Waals surface area contributed by atoms with Crippen LogP contribution in [0.1, 0.15) is 60.3 Å². The molecule has 9 rings (SSSR count). The Morgan fingerprint density at radius 2 is 1.21 bits per heavy atom. The lowest BCUT2D eigenvalue weighted by Crippen LogP contribution is -2.33. The number of allylic oxidation sites excluding steroid dienone is 4. The van der Waals surface area contributed by atoms with Crippen LogP contribution < -0.4 is 26.6 Å². The largest absolute Gasteiger partial charge is 0.384 e. The van der Waals surface area contributed by atoms with E-state index in [1.165, 1.54) is 0 Å². The van der Waals surface area contributed by atoms with Crippen molar-refractivity contribution in [2.75, 3.05) is 23.0 Å². The molecule has 11 heteroatoms. The summed E-state index contributed by atoms with van der Waals surface area (Å²) in [7, 11) is 3.70. The number of anilines is 3. The van der Waals surface area contributed by atoms with Gasteiger partial charge in [0.15, 0.2) is 5.82 Å². The number of hydrogen-bond donors (Lipinski definition) is 5. The van der Waals surface area contributed by atoms with E-state index in [0.29, 0.717) is 17.3 Å². The van der Waals surface area contributed by atoms with Gasteiger partial charge in [0.05, 0.1) is 29.8 Å². The molecule has 2 aliphatic carbocycles. The van der Waals surface area contributed by atoms with E-state index in [9.17, 15) is 9.59 Å². The SMILES string of the molecule is C/C=C(\C=C/CC)n1nc(C)c(NC)c1NC(=O)NC1c2ccccc2-c2c(-c3cccc4c3-c3ccccc3C4NC(=O)Nc3c(-c4ccccc4)ncn3C)cccc21. The molecule has 304 valence electrons. The van der Waals surface area contributed by atoms with Crippen molar-refractivity contribution in [2.24, 2.45) is 7.05 Å². The number of urea groups is 2. The van der Waals surface area contributed by atoms with Crippen molar-refractivity contribution >= 4 is 35.1 Å². The van der Waals surface area contributed by atoms with E-state index in [-0.39, 0.29) is 12.1 Å². The van der Waals surface area contributed by atoms with Crippen molar-refractivity contribution in [1.82, 2.24) is 30.0 Å². The molecule has 2 unspecified atom stereocenters. The average Bonchev–Trinajstić information content (AvgIpc) is 4.00. The van der Waals surface area contributed by atoms with E-state index in [4.69, 9.17) is 5.10 Å². The van der Waals surface area contributed by atoms with Gasteiger partial charge in [-0.15, -0.1) is 0 Å². The van der Waals surface area contributed by atoms with Crippen LogP contribution in [0, 0.1) is 6.92 Å². The Morgan fingerprint density at radius 3 is 1.77 bits per heavy atom. The Kier molecular flexibility index (Phi) is 10.3. The third kappa shape index (κ3) is 6.83. The predicted molar refractivity (Wildman–Crippen MR) is 245 cm³/mol. The first kappa shape index (κ1) is 38.8. The molecule has 7 aromatic rings. The molecule has 0 bridgehead atoms. The fourth-order valence-electron chi connectivity index (χ4n) is 8.86. The number of amides is 4. The summed E-state index contributed by atoms with van der Waals surface area (Å²) in [5.74, 6) is 1.16.